The fraction of sp³-hybridized carbons (Fsp3) is 0. The number of rotatable bonds is 5. The molecule has 4 heterocycles. The third-order valence-electron chi connectivity index (χ3n) is 9.39. The molecule has 6 aromatic carbocycles. The summed E-state index contributed by atoms with van der Waals surface area (Å²) in [5, 5.41) is 4.54. The molecule has 0 atom stereocenters. The molecule has 0 fully saturated rings. The standard InChI is InChI=1S/C44H28N4O/c1-4-14-29(15-5-1)36-28-37(30-16-6-2-7-17-30)46-44(45-36)48-39-23-13-11-21-33(39)35-26-40-34(27-41(35)48)32-20-10-12-22-38(32)47(40)43-25-24-42(49-43)31-18-8-3-9-19-31/h1-28H. The van der Waals surface area contributed by atoms with Crippen LogP contribution in [0.3, 0.4) is 0 Å². The minimum Gasteiger partial charge on any atom is -0.440 e. The molecule has 0 aliphatic heterocycles. The maximum absolute atomic E-state index is 6.55. The van der Waals surface area contributed by atoms with Crippen molar-refractivity contribution in [2.24, 2.45) is 0 Å². The molecule has 0 aliphatic carbocycles. The largest absolute Gasteiger partial charge is 0.440 e. The van der Waals surface area contributed by atoms with E-state index in [4.69, 9.17) is 14.4 Å². The third kappa shape index (κ3) is 4.40. The molecule has 0 spiro atoms. The Labute approximate surface area is 282 Å². The van der Waals surface area contributed by atoms with E-state index in [1.54, 1.807) is 0 Å². The first-order valence-corrected chi connectivity index (χ1v) is 16.4. The second kappa shape index (κ2) is 10.9. The summed E-state index contributed by atoms with van der Waals surface area (Å²) in [6, 6.07) is 58.8. The highest BCUT2D eigenvalue weighted by atomic mass is 16.4. The van der Waals surface area contributed by atoms with Crippen molar-refractivity contribution < 1.29 is 4.42 Å². The molecule has 0 N–H and O–H groups in total. The van der Waals surface area contributed by atoms with Crippen LogP contribution in [-0.4, -0.2) is 19.1 Å². The van der Waals surface area contributed by atoms with Gasteiger partial charge in [-0.05, 0) is 36.4 Å². The van der Waals surface area contributed by atoms with E-state index in [0.717, 1.165) is 83.3 Å². The minimum absolute atomic E-state index is 0.632. The molecule has 5 heteroatoms. The van der Waals surface area contributed by atoms with E-state index < -0.39 is 0 Å². The van der Waals surface area contributed by atoms with E-state index in [0.29, 0.717) is 5.95 Å². The summed E-state index contributed by atoms with van der Waals surface area (Å²) in [6.07, 6.45) is 0. The van der Waals surface area contributed by atoms with Crippen LogP contribution in [0.2, 0.25) is 0 Å². The average molecular weight is 629 g/mol. The van der Waals surface area contributed by atoms with Crippen molar-refractivity contribution >= 4 is 43.6 Å². The lowest BCUT2D eigenvalue weighted by atomic mass is 10.1. The van der Waals surface area contributed by atoms with Crippen molar-refractivity contribution in [2.45, 2.75) is 0 Å². The third-order valence-corrected chi connectivity index (χ3v) is 9.39. The Hall–Kier alpha value is -6.72. The molecule has 0 aliphatic rings. The predicted molar refractivity (Wildman–Crippen MR) is 199 cm³/mol. The quantitative estimate of drug-likeness (QED) is 0.191. The Morgan fingerprint density at radius 3 is 1.41 bits per heavy atom. The normalized spacial score (nSPS) is 11.7. The first-order valence-electron chi connectivity index (χ1n) is 16.4. The first-order chi connectivity index (χ1) is 24.3. The van der Waals surface area contributed by atoms with E-state index >= 15 is 0 Å². The molecule has 10 rings (SSSR count). The van der Waals surface area contributed by atoms with Crippen molar-refractivity contribution in [1.29, 1.82) is 0 Å². The Balaban J connectivity index is 1.27. The van der Waals surface area contributed by atoms with Gasteiger partial charge in [-0.2, -0.15) is 0 Å². The lowest BCUT2D eigenvalue weighted by Gasteiger charge is -2.12. The van der Waals surface area contributed by atoms with Crippen molar-refractivity contribution in [2.75, 3.05) is 0 Å². The molecule has 0 amide bonds. The van der Waals surface area contributed by atoms with Crippen molar-refractivity contribution in [1.82, 2.24) is 19.1 Å². The summed E-state index contributed by atoms with van der Waals surface area (Å²) in [5.74, 6) is 2.25. The molecule has 0 saturated heterocycles. The van der Waals surface area contributed by atoms with Gasteiger partial charge in [0.25, 0.3) is 0 Å². The summed E-state index contributed by atoms with van der Waals surface area (Å²) in [4.78, 5) is 10.5. The first kappa shape index (κ1) is 27.4. The lowest BCUT2D eigenvalue weighted by Crippen LogP contribution is -2.04. The van der Waals surface area contributed by atoms with Crippen molar-refractivity contribution in [3.63, 3.8) is 0 Å². The number of aromatic nitrogens is 4. The van der Waals surface area contributed by atoms with Crippen LogP contribution in [0, 0.1) is 0 Å². The number of hydrogen-bond donors (Lipinski definition) is 0. The fourth-order valence-corrected chi connectivity index (χ4v) is 7.14. The highest BCUT2D eigenvalue weighted by Gasteiger charge is 2.21. The van der Waals surface area contributed by atoms with E-state index in [1.807, 2.05) is 54.6 Å². The van der Waals surface area contributed by atoms with Crippen LogP contribution in [0.25, 0.3) is 89.3 Å². The maximum Gasteiger partial charge on any atom is 0.235 e. The number of hydrogen-bond acceptors (Lipinski definition) is 3. The van der Waals surface area contributed by atoms with E-state index in [9.17, 15) is 0 Å². The van der Waals surface area contributed by atoms with Crippen LogP contribution in [0.4, 0.5) is 0 Å². The van der Waals surface area contributed by atoms with Crippen LogP contribution in [0.15, 0.2) is 174 Å². The van der Waals surface area contributed by atoms with Gasteiger partial charge in [-0.15, -0.1) is 0 Å². The molecule has 4 aromatic heterocycles. The van der Waals surface area contributed by atoms with Crippen molar-refractivity contribution in [3.8, 4) is 45.7 Å². The fourth-order valence-electron chi connectivity index (χ4n) is 7.14. The highest BCUT2D eigenvalue weighted by molar-refractivity contribution is 6.18. The summed E-state index contributed by atoms with van der Waals surface area (Å²) < 4.78 is 11.0. The van der Waals surface area contributed by atoms with Gasteiger partial charge in [0.15, 0.2) is 0 Å². The van der Waals surface area contributed by atoms with Gasteiger partial charge in [0.05, 0.1) is 33.5 Å². The highest BCUT2D eigenvalue weighted by Crippen LogP contribution is 2.40. The van der Waals surface area contributed by atoms with E-state index in [1.165, 1.54) is 0 Å². The Morgan fingerprint density at radius 1 is 0.367 bits per heavy atom. The average Bonchev–Trinajstić information content (AvgIpc) is 3.87. The van der Waals surface area contributed by atoms with Gasteiger partial charge >= 0.3 is 0 Å². The summed E-state index contributed by atoms with van der Waals surface area (Å²) in [5.41, 5.74) is 9.15. The Morgan fingerprint density at radius 2 is 0.837 bits per heavy atom. The van der Waals surface area contributed by atoms with Gasteiger partial charge < -0.3 is 4.42 Å². The summed E-state index contributed by atoms with van der Waals surface area (Å²) in [6.45, 7) is 0. The number of nitrogens with zero attached hydrogens (tertiary/aromatic N) is 4. The maximum atomic E-state index is 6.55. The zero-order valence-electron chi connectivity index (χ0n) is 26.4. The zero-order chi connectivity index (χ0) is 32.3. The van der Waals surface area contributed by atoms with E-state index in [2.05, 4.69) is 124 Å². The van der Waals surface area contributed by atoms with E-state index in [-0.39, 0.29) is 0 Å². The molecule has 0 radical (unpaired) electrons. The smallest absolute Gasteiger partial charge is 0.235 e. The molecule has 10 aromatic rings. The van der Waals surface area contributed by atoms with Gasteiger partial charge in [-0.3, -0.25) is 9.13 Å². The molecule has 0 bridgehead atoms. The molecule has 5 nitrogen and oxygen atoms in total. The van der Waals surface area contributed by atoms with Crippen LogP contribution >= 0.6 is 0 Å². The van der Waals surface area contributed by atoms with Crippen molar-refractivity contribution in [3.05, 3.63) is 170 Å². The molecule has 230 valence electrons. The number of para-hydroxylation sites is 2. The number of furan rings is 1. The zero-order valence-corrected chi connectivity index (χ0v) is 26.4. The lowest BCUT2D eigenvalue weighted by molar-refractivity contribution is 0.560. The van der Waals surface area contributed by atoms with Crippen LogP contribution in [-0.2, 0) is 0 Å². The predicted octanol–water partition coefficient (Wildman–Crippen LogP) is 11.3. The topological polar surface area (TPSA) is 48.8 Å². The SMILES string of the molecule is c1ccc(-c2cc(-c3ccccc3)nc(-n3c4ccccc4c4cc5c(cc43)c3ccccc3n5-c3ccc(-c4ccccc4)o3)n2)cc1. The van der Waals surface area contributed by atoms with Gasteiger partial charge in [0, 0.05) is 44.3 Å². The molecular weight excluding hydrogens is 601 g/mol. The van der Waals surface area contributed by atoms with Gasteiger partial charge in [-0.1, -0.05) is 127 Å². The molecule has 49 heavy (non-hydrogen) atoms. The van der Waals surface area contributed by atoms with Gasteiger partial charge in [0.1, 0.15) is 5.76 Å². The Bertz CT molecular complexity index is 2750. The monoisotopic (exact) mass is 628 g/mol. The van der Waals surface area contributed by atoms with Crippen LogP contribution < -0.4 is 0 Å². The number of fused-ring (bicyclic) bond motifs is 6. The minimum atomic E-state index is 0.632. The molecule has 0 unspecified atom stereocenters. The molecular formula is C44H28N4O. The summed E-state index contributed by atoms with van der Waals surface area (Å²) in [7, 11) is 0. The second-order valence-electron chi connectivity index (χ2n) is 12.3. The second-order valence-corrected chi connectivity index (χ2v) is 12.3. The van der Waals surface area contributed by atoms with Gasteiger partial charge in [0.2, 0.25) is 11.8 Å². The summed E-state index contributed by atoms with van der Waals surface area (Å²) >= 11 is 0. The Kier molecular flexibility index (Phi) is 6.11. The van der Waals surface area contributed by atoms with Gasteiger partial charge in [-0.25, -0.2) is 9.97 Å². The number of benzene rings is 6. The van der Waals surface area contributed by atoms with Crippen LogP contribution in [0.1, 0.15) is 0 Å². The van der Waals surface area contributed by atoms with Crippen LogP contribution in [0.5, 0.6) is 0 Å². The molecule has 0 saturated carbocycles.